The number of rotatable bonds is 14. The monoisotopic (exact) mass is 637 g/mol. The van der Waals surface area contributed by atoms with Crippen LogP contribution in [0.25, 0.3) is 0 Å². The van der Waals surface area contributed by atoms with E-state index in [-0.39, 0.29) is 11.3 Å². The highest BCUT2D eigenvalue weighted by molar-refractivity contribution is 5.69. The van der Waals surface area contributed by atoms with E-state index >= 15 is 0 Å². The van der Waals surface area contributed by atoms with Gasteiger partial charge in [0.25, 0.3) is 0 Å². The third kappa shape index (κ3) is 7.95. The molecule has 0 bridgehead atoms. The molecule has 1 aromatic carbocycles. The van der Waals surface area contributed by atoms with Crippen LogP contribution in [0.1, 0.15) is 108 Å². The van der Waals surface area contributed by atoms with Crippen molar-refractivity contribution < 1.29 is 13.2 Å². The molecular formula is C38H54F3N5. The van der Waals surface area contributed by atoms with Crippen LogP contribution in [0.5, 0.6) is 0 Å². The first kappa shape index (κ1) is 34.4. The quantitative estimate of drug-likeness (QED) is 0.193. The van der Waals surface area contributed by atoms with Gasteiger partial charge in [-0.15, -0.1) is 12.3 Å². The van der Waals surface area contributed by atoms with Gasteiger partial charge in [-0.05, 0) is 85.8 Å². The number of hydrogen-bond acceptors (Lipinski definition) is 5. The molecule has 3 heterocycles. The molecule has 2 aromatic rings. The molecule has 1 aromatic heterocycles. The van der Waals surface area contributed by atoms with Gasteiger partial charge in [-0.2, -0.15) is 13.2 Å². The third-order valence-electron chi connectivity index (χ3n) is 10.2. The third-order valence-corrected chi connectivity index (χ3v) is 10.2. The Hall–Kier alpha value is -2.92. The van der Waals surface area contributed by atoms with Crippen molar-refractivity contribution in [3.05, 3.63) is 47.3 Å². The average Bonchev–Trinajstić information content (AvgIpc) is 3.84. The van der Waals surface area contributed by atoms with Crippen molar-refractivity contribution in [2.24, 2.45) is 5.41 Å². The van der Waals surface area contributed by atoms with Gasteiger partial charge < -0.3 is 14.7 Å². The Kier molecular flexibility index (Phi) is 10.8. The first-order valence-corrected chi connectivity index (χ1v) is 17.6. The number of halogens is 3. The summed E-state index contributed by atoms with van der Waals surface area (Å²) in [6.07, 6.45) is 10.8. The van der Waals surface area contributed by atoms with E-state index in [9.17, 15) is 13.2 Å². The standard InChI is InChI=1S/C38H54F3N5/c1-7-11-16-37(5,6)25-33-31-23-29(43(17-8-2)18-9-3)14-15-35(31)46(27-38(39,40)41)36(33)32-24-30(26-42-34(32)10-4)45-21-19-44(20-22-45)28-12-13-28/h1,14-15,23-24,26,28,33,36H,8-13,16-22,25,27H2,2-6H3. The number of aromatic nitrogens is 1. The summed E-state index contributed by atoms with van der Waals surface area (Å²) < 4.78 is 43.5. The summed E-state index contributed by atoms with van der Waals surface area (Å²) >= 11 is 0. The molecule has 46 heavy (non-hydrogen) atoms. The summed E-state index contributed by atoms with van der Waals surface area (Å²) in [5, 5.41) is 0. The smallest absolute Gasteiger partial charge is 0.372 e. The SMILES string of the molecule is C#CCCC(C)(C)CC1c2cc(N(CCC)CCC)ccc2N(CC(F)(F)F)C1c1cc(N2CCN(C3CC3)CC2)cnc1CC. The first-order chi connectivity index (χ1) is 22.0. The molecule has 5 rings (SSSR count). The number of fused-ring (bicyclic) bond motifs is 1. The number of aryl methyl sites for hydroxylation is 1. The number of piperazine rings is 1. The zero-order valence-corrected chi connectivity index (χ0v) is 28.7. The van der Waals surface area contributed by atoms with Gasteiger partial charge in [-0.25, -0.2) is 0 Å². The van der Waals surface area contributed by atoms with Crippen LogP contribution in [0, 0.1) is 17.8 Å². The lowest BCUT2D eigenvalue weighted by Crippen LogP contribution is -2.47. The van der Waals surface area contributed by atoms with Crippen molar-refractivity contribution in [2.75, 3.05) is 60.5 Å². The number of pyridine rings is 1. The Labute approximate surface area is 275 Å². The minimum atomic E-state index is -4.35. The van der Waals surface area contributed by atoms with Crippen molar-refractivity contribution in [1.29, 1.82) is 0 Å². The van der Waals surface area contributed by atoms with E-state index in [2.05, 4.69) is 67.4 Å². The van der Waals surface area contributed by atoms with E-state index in [1.54, 1.807) is 4.90 Å². The zero-order valence-electron chi connectivity index (χ0n) is 28.7. The molecule has 8 heteroatoms. The van der Waals surface area contributed by atoms with Gasteiger partial charge in [0, 0.05) is 74.7 Å². The average molecular weight is 638 g/mol. The molecule has 2 unspecified atom stereocenters. The van der Waals surface area contributed by atoms with E-state index in [0.717, 1.165) is 99.2 Å². The summed E-state index contributed by atoms with van der Waals surface area (Å²) in [6.45, 7) is 15.5. The summed E-state index contributed by atoms with van der Waals surface area (Å²) in [4.78, 5) is 13.9. The van der Waals surface area contributed by atoms with Gasteiger partial charge in [-0.3, -0.25) is 9.88 Å². The molecule has 2 fully saturated rings. The number of terminal acetylenes is 1. The second kappa shape index (κ2) is 14.5. The molecule has 2 atom stereocenters. The Balaban J connectivity index is 1.61. The van der Waals surface area contributed by atoms with Crippen LogP contribution in [-0.4, -0.2) is 67.9 Å². The first-order valence-electron chi connectivity index (χ1n) is 17.6. The number of hydrogen-bond donors (Lipinski definition) is 0. The van der Waals surface area contributed by atoms with E-state index in [4.69, 9.17) is 11.4 Å². The Bertz CT molecular complexity index is 1350. The van der Waals surface area contributed by atoms with Crippen LogP contribution in [0.3, 0.4) is 0 Å². The van der Waals surface area contributed by atoms with Crippen molar-refractivity contribution in [3.63, 3.8) is 0 Å². The number of nitrogens with zero attached hydrogens (tertiary/aromatic N) is 5. The lowest BCUT2D eigenvalue weighted by molar-refractivity contribution is -0.120. The molecule has 2 aliphatic heterocycles. The maximum Gasteiger partial charge on any atom is 0.405 e. The molecule has 1 saturated carbocycles. The molecular weight excluding hydrogens is 583 g/mol. The van der Waals surface area contributed by atoms with Gasteiger partial charge in [0.05, 0.1) is 17.9 Å². The van der Waals surface area contributed by atoms with Gasteiger partial charge in [0.15, 0.2) is 0 Å². The van der Waals surface area contributed by atoms with Crippen LogP contribution in [0.2, 0.25) is 0 Å². The van der Waals surface area contributed by atoms with Gasteiger partial charge >= 0.3 is 6.18 Å². The highest BCUT2D eigenvalue weighted by Crippen LogP contribution is 2.56. The van der Waals surface area contributed by atoms with E-state index in [1.807, 2.05) is 18.3 Å². The summed E-state index contributed by atoms with van der Waals surface area (Å²) in [6, 6.07) is 8.63. The second-order valence-corrected chi connectivity index (χ2v) is 14.4. The van der Waals surface area contributed by atoms with Gasteiger partial charge in [0.2, 0.25) is 0 Å². The van der Waals surface area contributed by atoms with E-state index < -0.39 is 18.8 Å². The van der Waals surface area contributed by atoms with Gasteiger partial charge in [0.1, 0.15) is 6.54 Å². The maximum absolute atomic E-state index is 14.5. The Morgan fingerprint density at radius 2 is 1.67 bits per heavy atom. The zero-order chi connectivity index (χ0) is 33.1. The van der Waals surface area contributed by atoms with Crippen molar-refractivity contribution >= 4 is 17.1 Å². The molecule has 3 aliphatic rings. The molecule has 1 aliphatic carbocycles. The predicted molar refractivity (Wildman–Crippen MR) is 185 cm³/mol. The second-order valence-electron chi connectivity index (χ2n) is 14.4. The van der Waals surface area contributed by atoms with Crippen molar-refractivity contribution in [1.82, 2.24) is 9.88 Å². The minimum Gasteiger partial charge on any atom is -0.372 e. The normalized spacial score (nSPS) is 20.6. The van der Waals surface area contributed by atoms with E-state index in [0.29, 0.717) is 18.5 Å². The lowest BCUT2D eigenvalue weighted by atomic mass is 9.74. The molecule has 0 N–H and O–H groups in total. The lowest BCUT2D eigenvalue weighted by Gasteiger charge is -2.38. The molecule has 0 amide bonds. The van der Waals surface area contributed by atoms with Crippen LogP contribution in [0.15, 0.2) is 30.5 Å². The maximum atomic E-state index is 14.5. The molecule has 1 saturated heterocycles. The highest BCUT2D eigenvalue weighted by Gasteiger charge is 2.47. The van der Waals surface area contributed by atoms with Crippen molar-refractivity contribution in [2.45, 2.75) is 110 Å². The predicted octanol–water partition coefficient (Wildman–Crippen LogP) is 8.59. The summed E-state index contributed by atoms with van der Waals surface area (Å²) in [7, 11) is 0. The minimum absolute atomic E-state index is 0.135. The molecule has 252 valence electrons. The van der Waals surface area contributed by atoms with E-state index in [1.165, 1.54) is 12.8 Å². The number of alkyl halides is 3. The van der Waals surface area contributed by atoms with Crippen molar-refractivity contribution in [3.8, 4) is 12.3 Å². The molecule has 0 radical (unpaired) electrons. The Morgan fingerprint density at radius 1 is 0.978 bits per heavy atom. The molecule has 5 nitrogen and oxygen atoms in total. The summed E-state index contributed by atoms with van der Waals surface area (Å²) in [5.41, 5.74) is 5.50. The summed E-state index contributed by atoms with van der Waals surface area (Å²) in [5.74, 6) is 2.66. The highest BCUT2D eigenvalue weighted by atomic mass is 19.4. The largest absolute Gasteiger partial charge is 0.405 e. The molecule has 0 spiro atoms. The topological polar surface area (TPSA) is 25.9 Å². The van der Waals surface area contributed by atoms with Crippen LogP contribution < -0.4 is 14.7 Å². The number of benzene rings is 1. The number of anilines is 3. The fraction of sp³-hybridized carbons (Fsp3) is 0.658. The van der Waals surface area contributed by atoms with Gasteiger partial charge in [-0.1, -0.05) is 34.6 Å². The van der Waals surface area contributed by atoms with Crippen LogP contribution in [0.4, 0.5) is 30.2 Å². The van der Waals surface area contributed by atoms with Crippen LogP contribution in [-0.2, 0) is 6.42 Å². The fourth-order valence-corrected chi connectivity index (χ4v) is 7.84. The fourth-order valence-electron chi connectivity index (χ4n) is 7.84. The van der Waals surface area contributed by atoms with Crippen LogP contribution >= 0.6 is 0 Å². The Morgan fingerprint density at radius 3 is 2.26 bits per heavy atom.